The standard InChI is InChI=1S/C17H26N2O4/c1-6-23-14-10-17(18,16(14,2)3)15(20)19-11-7-8-12(21-4)13(9-11)22-5/h7-9,14H,6,10,18H2,1-5H3,(H,19,20). The Morgan fingerprint density at radius 1 is 1.30 bits per heavy atom. The zero-order valence-electron chi connectivity index (χ0n) is 14.4. The summed E-state index contributed by atoms with van der Waals surface area (Å²) in [5.74, 6) is 0.940. The van der Waals surface area contributed by atoms with Crippen molar-refractivity contribution in [3.8, 4) is 11.5 Å². The molecule has 0 saturated heterocycles. The van der Waals surface area contributed by atoms with Crippen molar-refractivity contribution in [3.63, 3.8) is 0 Å². The van der Waals surface area contributed by atoms with Crippen molar-refractivity contribution in [1.29, 1.82) is 0 Å². The summed E-state index contributed by atoms with van der Waals surface area (Å²) >= 11 is 0. The first-order valence-electron chi connectivity index (χ1n) is 7.74. The van der Waals surface area contributed by atoms with Gasteiger partial charge in [-0.2, -0.15) is 0 Å². The molecular weight excluding hydrogens is 296 g/mol. The molecule has 0 radical (unpaired) electrons. The summed E-state index contributed by atoms with van der Waals surface area (Å²) in [5, 5.41) is 2.87. The molecule has 0 aliphatic heterocycles. The van der Waals surface area contributed by atoms with Gasteiger partial charge in [-0.05, 0) is 19.1 Å². The van der Waals surface area contributed by atoms with E-state index in [0.717, 1.165) is 0 Å². The summed E-state index contributed by atoms with van der Waals surface area (Å²) in [6.45, 7) is 6.48. The van der Waals surface area contributed by atoms with Gasteiger partial charge in [-0.25, -0.2) is 0 Å². The molecule has 128 valence electrons. The molecule has 1 aliphatic carbocycles. The molecule has 1 aromatic rings. The fraction of sp³-hybridized carbons (Fsp3) is 0.588. The van der Waals surface area contributed by atoms with E-state index in [9.17, 15) is 4.79 Å². The molecule has 1 aliphatic rings. The number of nitrogens with two attached hydrogens (primary N) is 1. The minimum absolute atomic E-state index is 0.00588. The van der Waals surface area contributed by atoms with Gasteiger partial charge in [-0.1, -0.05) is 13.8 Å². The molecule has 1 aromatic carbocycles. The highest BCUT2D eigenvalue weighted by atomic mass is 16.5. The first kappa shape index (κ1) is 17.6. The van der Waals surface area contributed by atoms with E-state index in [4.69, 9.17) is 19.9 Å². The Bertz CT molecular complexity index is 588. The van der Waals surface area contributed by atoms with Crippen molar-refractivity contribution in [2.45, 2.75) is 38.8 Å². The summed E-state index contributed by atoms with van der Waals surface area (Å²) in [6, 6.07) is 5.21. The summed E-state index contributed by atoms with van der Waals surface area (Å²) in [6.07, 6.45) is 0.501. The van der Waals surface area contributed by atoms with Crippen LogP contribution in [0.1, 0.15) is 27.2 Å². The van der Waals surface area contributed by atoms with E-state index < -0.39 is 11.0 Å². The second-order valence-electron chi connectivity index (χ2n) is 6.37. The molecule has 0 bridgehead atoms. The number of carbonyl (C=O) groups is 1. The Balaban J connectivity index is 2.14. The predicted octanol–water partition coefficient (Wildman–Crippen LogP) is 2.17. The smallest absolute Gasteiger partial charge is 0.245 e. The molecule has 2 atom stereocenters. The van der Waals surface area contributed by atoms with Gasteiger partial charge in [0, 0.05) is 30.2 Å². The van der Waals surface area contributed by atoms with Crippen LogP contribution in [0.25, 0.3) is 0 Å². The SMILES string of the molecule is CCOC1CC(N)(C(=O)Nc2ccc(OC)c(OC)c2)C1(C)C. The third-order valence-electron chi connectivity index (χ3n) is 4.88. The van der Waals surface area contributed by atoms with Gasteiger partial charge >= 0.3 is 0 Å². The van der Waals surface area contributed by atoms with Gasteiger partial charge in [0.2, 0.25) is 5.91 Å². The lowest BCUT2D eigenvalue weighted by Gasteiger charge is -2.57. The fourth-order valence-corrected chi connectivity index (χ4v) is 2.98. The Morgan fingerprint density at radius 2 is 1.96 bits per heavy atom. The molecule has 2 rings (SSSR count). The molecule has 1 amide bonds. The lowest BCUT2D eigenvalue weighted by Crippen LogP contribution is -2.74. The van der Waals surface area contributed by atoms with Crippen LogP contribution in [-0.2, 0) is 9.53 Å². The molecule has 0 aromatic heterocycles. The van der Waals surface area contributed by atoms with Crippen LogP contribution in [0, 0.1) is 5.41 Å². The summed E-state index contributed by atoms with van der Waals surface area (Å²) in [4.78, 5) is 12.7. The Labute approximate surface area is 137 Å². The molecule has 0 spiro atoms. The van der Waals surface area contributed by atoms with Crippen molar-refractivity contribution in [2.75, 3.05) is 26.1 Å². The van der Waals surface area contributed by atoms with Crippen LogP contribution in [0.2, 0.25) is 0 Å². The number of ether oxygens (including phenoxy) is 3. The molecular formula is C17H26N2O4. The number of amides is 1. The maximum atomic E-state index is 12.7. The topological polar surface area (TPSA) is 82.8 Å². The number of nitrogens with one attached hydrogen (secondary N) is 1. The van der Waals surface area contributed by atoms with E-state index in [1.807, 2.05) is 20.8 Å². The number of rotatable bonds is 6. The van der Waals surface area contributed by atoms with E-state index in [2.05, 4.69) is 5.32 Å². The number of benzene rings is 1. The van der Waals surface area contributed by atoms with E-state index in [1.165, 1.54) is 0 Å². The highest BCUT2D eigenvalue weighted by molar-refractivity contribution is 6.00. The third kappa shape index (κ3) is 2.88. The number of methoxy groups -OCH3 is 2. The average Bonchev–Trinajstić information content (AvgIpc) is 2.54. The molecule has 0 heterocycles. The van der Waals surface area contributed by atoms with Gasteiger partial charge in [-0.3, -0.25) is 4.79 Å². The van der Waals surface area contributed by atoms with Crippen LogP contribution in [-0.4, -0.2) is 38.4 Å². The van der Waals surface area contributed by atoms with E-state index in [0.29, 0.717) is 30.2 Å². The van der Waals surface area contributed by atoms with Crippen molar-refractivity contribution < 1.29 is 19.0 Å². The van der Waals surface area contributed by atoms with E-state index in [1.54, 1.807) is 32.4 Å². The van der Waals surface area contributed by atoms with Crippen LogP contribution in [0.4, 0.5) is 5.69 Å². The van der Waals surface area contributed by atoms with Crippen molar-refractivity contribution in [2.24, 2.45) is 11.1 Å². The van der Waals surface area contributed by atoms with Crippen LogP contribution in [0.3, 0.4) is 0 Å². The lowest BCUT2D eigenvalue weighted by molar-refractivity contribution is -0.166. The molecule has 6 heteroatoms. The zero-order valence-corrected chi connectivity index (χ0v) is 14.4. The largest absolute Gasteiger partial charge is 0.493 e. The Hall–Kier alpha value is -1.79. The fourth-order valence-electron chi connectivity index (χ4n) is 2.98. The number of hydrogen-bond donors (Lipinski definition) is 2. The molecule has 1 fully saturated rings. The van der Waals surface area contributed by atoms with Gasteiger partial charge in [0.25, 0.3) is 0 Å². The second-order valence-corrected chi connectivity index (χ2v) is 6.37. The first-order valence-corrected chi connectivity index (χ1v) is 7.74. The van der Waals surface area contributed by atoms with Gasteiger partial charge in [-0.15, -0.1) is 0 Å². The van der Waals surface area contributed by atoms with E-state index >= 15 is 0 Å². The summed E-state index contributed by atoms with van der Waals surface area (Å²) in [5.41, 5.74) is 5.60. The Morgan fingerprint density at radius 3 is 2.48 bits per heavy atom. The monoisotopic (exact) mass is 322 g/mol. The number of hydrogen-bond acceptors (Lipinski definition) is 5. The number of carbonyl (C=O) groups excluding carboxylic acids is 1. The molecule has 2 unspecified atom stereocenters. The molecule has 3 N–H and O–H groups in total. The normalized spacial score (nSPS) is 25.4. The van der Waals surface area contributed by atoms with Crippen LogP contribution in [0.5, 0.6) is 11.5 Å². The van der Waals surface area contributed by atoms with Gasteiger partial charge in [0.1, 0.15) is 5.54 Å². The maximum absolute atomic E-state index is 12.7. The van der Waals surface area contributed by atoms with Crippen molar-refractivity contribution in [1.82, 2.24) is 0 Å². The van der Waals surface area contributed by atoms with Crippen LogP contribution in [0.15, 0.2) is 18.2 Å². The molecule has 1 saturated carbocycles. The average molecular weight is 322 g/mol. The van der Waals surface area contributed by atoms with Crippen molar-refractivity contribution in [3.05, 3.63) is 18.2 Å². The molecule has 23 heavy (non-hydrogen) atoms. The van der Waals surface area contributed by atoms with Gasteiger partial charge in [0.05, 0.1) is 20.3 Å². The second kappa shape index (κ2) is 6.37. The highest BCUT2D eigenvalue weighted by Gasteiger charge is 2.62. The quantitative estimate of drug-likeness (QED) is 0.839. The zero-order chi connectivity index (χ0) is 17.3. The van der Waals surface area contributed by atoms with Crippen molar-refractivity contribution >= 4 is 11.6 Å². The van der Waals surface area contributed by atoms with Gasteiger partial charge in [0.15, 0.2) is 11.5 Å². The third-order valence-corrected chi connectivity index (χ3v) is 4.88. The first-order chi connectivity index (χ1) is 10.8. The maximum Gasteiger partial charge on any atom is 0.245 e. The Kier molecular flexibility index (Phi) is 4.87. The summed E-state index contributed by atoms with van der Waals surface area (Å²) in [7, 11) is 3.12. The summed E-state index contributed by atoms with van der Waals surface area (Å²) < 4.78 is 16.1. The minimum Gasteiger partial charge on any atom is -0.493 e. The van der Waals surface area contributed by atoms with Gasteiger partial charge < -0.3 is 25.3 Å². The van der Waals surface area contributed by atoms with E-state index in [-0.39, 0.29) is 12.0 Å². The highest BCUT2D eigenvalue weighted by Crippen LogP contribution is 2.50. The number of anilines is 1. The predicted molar refractivity (Wildman–Crippen MR) is 88.9 cm³/mol. The minimum atomic E-state index is -0.958. The van der Waals surface area contributed by atoms with Crippen LogP contribution >= 0.6 is 0 Å². The lowest BCUT2D eigenvalue weighted by atomic mass is 9.54. The van der Waals surface area contributed by atoms with Crippen LogP contribution < -0.4 is 20.5 Å². The molecule has 6 nitrogen and oxygen atoms in total.